The highest BCUT2D eigenvalue weighted by molar-refractivity contribution is 7.93. The average Bonchev–Trinajstić information content (AvgIpc) is 3.25. The predicted octanol–water partition coefficient (Wildman–Crippen LogP) is 1.67. The summed E-state index contributed by atoms with van der Waals surface area (Å²) in [4.78, 5) is 8.06. The summed E-state index contributed by atoms with van der Waals surface area (Å²) in [5, 5.41) is 7.81. The van der Waals surface area contributed by atoms with Gasteiger partial charge in [-0.25, -0.2) is 13.4 Å². The third kappa shape index (κ3) is 3.81. The Morgan fingerprint density at radius 1 is 1.21 bits per heavy atom. The maximum absolute atomic E-state index is 13.1. The molecule has 10 heteroatoms. The lowest BCUT2D eigenvalue weighted by Crippen LogP contribution is -2.29. The third-order valence-corrected chi connectivity index (χ3v) is 6.96. The van der Waals surface area contributed by atoms with E-state index in [0.717, 1.165) is 35.8 Å². The molecule has 0 amide bonds. The number of nitrogen functional groups attached to an aromatic ring is 1. The zero-order chi connectivity index (χ0) is 20.4. The number of pyridine rings is 2. The van der Waals surface area contributed by atoms with E-state index in [-0.39, 0.29) is 10.7 Å². The van der Waals surface area contributed by atoms with E-state index < -0.39 is 10.0 Å². The number of anilines is 2. The Hall–Kier alpha value is -2.98. The van der Waals surface area contributed by atoms with Crippen LogP contribution in [0.4, 0.5) is 11.5 Å². The van der Waals surface area contributed by atoms with E-state index in [2.05, 4.69) is 20.4 Å². The van der Waals surface area contributed by atoms with E-state index >= 15 is 0 Å². The standard InChI is InChI=1S/C19H23N7O2S/c1-25(17-3-2-6-22-12-17)29(27,28)18-9-14(10-23-19(18)20)15-11-24-26(13-15)16-4-7-21-8-5-16/h2-3,6,9-13,16,21H,4-5,7-8H2,1H3,(H2,20,23). The monoisotopic (exact) mass is 413 g/mol. The molecular weight excluding hydrogens is 390 g/mol. The van der Waals surface area contributed by atoms with Crippen molar-refractivity contribution in [2.45, 2.75) is 23.8 Å². The molecule has 3 aromatic heterocycles. The van der Waals surface area contributed by atoms with Crippen LogP contribution in [0.5, 0.6) is 0 Å². The minimum absolute atomic E-state index is 0.0454. The highest BCUT2D eigenvalue weighted by Crippen LogP contribution is 2.29. The number of nitrogens with one attached hydrogen (secondary N) is 1. The third-order valence-electron chi connectivity index (χ3n) is 5.15. The highest BCUT2D eigenvalue weighted by Gasteiger charge is 2.26. The van der Waals surface area contributed by atoms with Gasteiger partial charge in [-0.05, 0) is 44.1 Å². The number of hydrogen-bond acceptors (Lipinski definition) is 7. The summed E-state index contributed by atoms with van der Waals surface area (Å²) < 4.78 is 29.4. The first-order valence-corrected chi connectivity index (χ1v) is 10.8. The van der Waals surface area contributed by atoms with Gasteiger partial charge < -0.3 is 11.1 Å². The van der Waals surface area contributed by atoms with Crippen molar-refractivity contribution in [1.82, 2.24) is 25.1 Å². The fourth-order valence-electron chi connectivity index (χ4n) is 3.40. The molecule has 0 aromatic carbocycles. The molecule has 3 aromatic rings. The summed E-state index contributed by atoms with van der Waals surface area (Å²) in [6.45, 7) is 1.93. The van der Waals surface area contributed by atoms with E-state index in [9.17, 15) is 8.42 Å². The minimum Gasteiger partial charge on any atom is -0.383 e. The van der Waals surface area contributed by atoms with Gasteiger partial charge in [0.25, 0.3) is 10.0 Å². The Kier molecular flexibility index (Phi) is 5.20. The normalized spacial score (nSPS) is 15.3. The summed E-state index contributed by atoms with van der Waals surface area (Å²) in [7, 11) is -2.43. The van der Waals surface area contributed by atoms with Crippen molar-refractivity contribution in [3.8, 4) is 11.1 Å². The number of nitrogens with two attached hydrogens (primary N) is 1. The summed E-state index contributed by atoms with van der Waals surface area (Å²) in [5.41, 5.74) is 7.82. The van der Waals surface area contributed by atoms with Crippen molar-refractivity contribution in [2.24, 2.45) is 0 Å². The molecule has 152 valence electrons. The molecule has 0 spiro atoms. The minimum atomic E-state index is -3.90. The molecule has 0 unspecified atom stereocenters. The van der Waals surface area contributed by atoms with Gasteiger partial charge in [0.1, 0.15) is 10.7 Å². The Balaban J connectivity index is 1.67. The SMILES string of the molecule is CN(c1cccnc1)S(=O)(=O)c1cc(-c2cnn(C3CCNCC3)c2)cnc1N. The van der Waals surface area contributed by atoms with Crippen LogP contribution in [0.15, 0.2) is 54.1 Å². The van der Waals surface area contributed by atoms with Crippen molar-refractivity contribution in [3.05, 3.63) is 49.2 Å². The van der Waals surface area contributed by atoms with Gasteiger partial charge in [0, 0.05) is 36.8 Å². The maximum Gasteiger partial charge on any atom is 0.267 e. The van der Waals surface area contributed by atoms with Gasteiger partial charge in [-0.3, -0.25) is 14.0 Å². The number of piperidine rings is 1. The van der Waals surface area contributed by atoms with Crippen molar-refractivity contribution in [1.29, 1.82) is 0 Å². The molecule has 9 nitrogen and oxygen atoms in total. The Morgan fingerprint density at radius 3 is 2.72 bits per heavy atom. The van der Waals surface area contributed by atoms with Gasteiger partial charge >= 0.3 is 0 Å². The average molecular weight is 414 g/mol. The van der Waals surface area contributed by atoms with E-state index in [1.165, 1.54) is 13.2 Å². The quantitative estimate of drug-likeness (QED) is 0.653. The molecule has 4 rings (SSSR count). The second-order valence-corrected chi connectivity index (χ2v) is 8.92. The van der Waals surface area contributed by atoms with Gasteiger partial charge in [-0.2, -0.15) is 5.10 Å². The zero-order valence-electron chi connectivity index (χ0n) is 16.1. The lowest BCUT2D eigenvalue weighted by atomic mass is 10.1. The molecule has 1 saturated heterocycles. The number of rotatable bonds is 5. The van der Waals surface area contributed by atoms with Crippen LogP contribution in [0.25, 0.3) is 11.1 Å². The molecule has 0 atom stereocenters. The van der Waals surface area contributed by atoms with Gasteiger partial charge in [-0.1, -0.05) is 0 Å². The summed E-state index contributed by atoms with van der Waals surface area (Å²) >= 11 is 0. The van der Waals surface area contributed by atoms with Crippen LogP contribution in [-0.4, -0.2) is 48.3 Å². The smallest absolute Gasteiger partial charge is 0.267 e. The molecule has 0 radical (unpaired) electrons. The largest absolute Gasteiger partial charge is 0.383 e. The molecule has 0 aliphatic carbocycles. The number of sulfonamides is 1. The lowest BCUT2D eigenvalue weighted by Gasteiger charge is -2.22. The van der Waals surface area contributed by atoms with Crippen LogP contribution in [0.2, 0.25) is 0 Å². The molecular formula is C19H23N7O2S. The van der Waals surface area contributed by atoms with Gasteiger partial charge in [-0.15, -0.1) is 0 Å². The fourth-order valence-corrected chi connectivity index (χ4v) is 4.68. The van der Waals surface area contributed by atoms with Crippen molar-refractivity contribution in [3.63, 3.8) is 0 Å². The Labute approximate surface area is 169 Å². The predicted molar refractivity (Wildman–Crippen MR) is 111 cm³/mol. The van der Waals surface area contributed by atoms with E-state index in [1.807, 2.05) is 10.9 Å². The number of aromatic nitrogens is 4. The molecule has 4 heterocycles. The summed E-state index contributed by atoms with van der Waals surface area (Å²) in [5.74, 6) is -0.0461. The van der Waals surface area contributed by atoms with Crippen molar-refractivity contribution < 1.29 is 8.42 Å². The van der Waals surface area contributed by atoms with E-state index in [0.29, 0.717) is 17.3 Å². The maximum atomic E-state index is 13.1. The second kappa shape index (κ2) is 7.80. The highest BCUT2D eigenvalue weighted by atomic mass is 32.2. The van der Waals surface area contributed by atoms with Gasteiger partial charge in [0.2, 0.25) is 0 Å². The van der Waals surface area contributed by atoms with Crippen LogP contribution < -0.4 is 15.4 Å². The lowest BCUT2D eigenvalue weighted by molar-refractivity contribution is 0.343. The molecule has 0 bridgehead atoms. The van der Waals surface area contributed by atoms with Crippen LogP contribution in [0.1, 0.15) is 18.9 Å². The second-order valence-electron chi connectivity index (χ2n) is 6.98. The Morgan fingerprint density at radius 2 is 2.00 bits per heavy atom. The van der Waals surface area contributed by atoms with Crippen LogP contribution in [0.3, 0.4) is 0 Å². The summed E-state index contributed by atoms with van der Waals surface area (Å²) in [6, 6.07) is 5.23. The van der Waals surface area contributed by atoms with Crippen LogP contribution in [0, 0.1) is 0 Å². The molecule has 29 heavy (non-hydrogen) atoms. The molecule has 1 aliphatic heterocycles. The molecule has 0 saturated carbocycles. The molecule has 1 fully saturated rings. The zero-order valence-corrected chi connectivity index (χ0v) is 16.9. The first kappa shape index (κ1) is 19.3. The Bertz CT molecular complexity index is 1090. The number of hydrogen-bond donors (Lipinski definition) is 2. The van der Waals surface area contributed by atoms with Crippen molar-refractivity contribution >= 4 is 21.5 Å². The summed E-state index contributed by atoms with van der Waals surface area (Å²) in [6.07, 6.45) is 10.3. The fraction of sp³-hybridized carbons (Fsp3) is 0.316. The van der Waals surface area contributed by atoms with E-state index in [4.69, 9.17) is 5.73 Å². The van der Waals surface area contributed by atoms with Gasteiger partial charge in [0.15, 0.2) is 0 Å². The van der Waals surface area contributed by atoms with Crippen molar-refractivity contribution in [2.75, 3.05) is 30.2 Å². The molecule has 3 N–H and O–H groups in total. The molecule has 1 aliphatic rings. The number of nitrogens with zero attached hydrogens (tertiary/aromatic N) is 5. The van der Waals surface area contributed by atoms with E-state index in [1.54, 1.807) is 36.8 Å². The van der Waals surface area contributed by atoms with Crippen LogP contribution >= 0.6 is 0 Å². The topological polar surface area (TPSA) is 119 Å². The van der Waals surface area contributed by atoms with Crippen LogP contribution in [-0.2, 0) is 10.0 Å². The first-order chi connectivity index (χ1) is 14.0. The van der Waals surface area contributed by atoms with Gasteiger partial charge in [0.05, 0.1) is 24.1 Å². The first-order valence-electron chi connectivity index (χ1n) is 9.36.